The normalized spacial score (nSPS) is 10.8. The molecule has 0 bridgehead atoms. The minimum Gasteiger partial charge on any atom is -0.330 e. The number of pyridine rings is 1. The molecule has 0 spiro atoms. The van der Waals surface area contributed by atoms with E-state index in [-0.39, 0.29) is 5.91 Å². The van der Waals surface area contributed by atoms with Gasteiger partial charge in [0.1, 0.15) is 5.69 Å². The maximum Gasteiger partial charge on any atom is 0.273 e. The van der Waals surface area contributed by atoms with Crippen molar-refractivity contribution in [3.05, 3.63) is 79.0 Å². The number of carbonyl (C=O) groups is 1. The smallest absolute Gasteiger partial charge is 0.273 e. The Balaban J connectivity index is 1.63. The fourth-order valence-corrected chi connectivity index (χ4v) is 2.76. The summed E-state index contributed by atoms with van der Waals surface area (Å²) in [5.74, 6) is -0.194. The summed E-state index contributed by atoms with van der Waals surface area (Å²) in [6.07, 6.45) is 4.99. The zero-order valence-corrected chi connectivity index (χ0v) is 13.7. The summed E-state index contributed by atoms with van der Waals surface area (Å²) >= 11 is 0. The van der Waals surface area contributed by atoms with Gasteiger partial charge in [-0.15, -0.1) is 0 Å². The van der Waals surface area contributed by atoms with Gasteiger partial charge in [0.05, 0.1) is 18.0 Å². The molecular weight excluding hydrogens is 312 g/mol. The fraction of sp³-hybridized carbons (Fsp3) is 0.0500. The average molecular weight is 328 g/mol. The number of anilines is 1. The second kappa shape index (κ2) is 6.20. The average Bonchev–Trinajstić information content (AvgIpc) is 3.08. The highest BCUT2D eigenvalue weighted by molar-refractivity contribution is 6.03. The van der Waals surface area contributed by atoms with Crippen LogP contribution >= 0.6 is 0 Å². The van der Waals surface area contributed by atoms with E-state index in [9.17, 15) is 4.79 Å². The summed E-state index contributed by atoms with van der Waals surface area (Å²) < 4.78 is 1.68. The lowest BCUT2D eigenvalue weighted by Crippen LogP contribution is -2.15. The van der Waals surface area contributed by atoms with Crippen LogP contribution in [0.3, 0.4) is 0 Å². The maximum atomic E-state index is 12.3. The van der Waals surface area contributed by atoms with Crippen molar-refractivity contribution >= 4 is 22.5 Å². The van der Waals surface area contributed by atoms with Crippen LogP contribution in [-0.4, -0.2) is 20.4 Å². The first-order chi connectivity index (χ1) is 12.2. The number of rotatable bonds is 3. The molecule has 122 valence electrons. The SMILES string of the molecule is Cn1cncc1C(=O)Nc1ccc2cc(-c3ccccc3)cnc2c1. The number of amides is 1. The van der Waals surface area contributed by atoms with E-state index in [1.807, 2.05) is 42.6 Å². The summed E-state index contributed by atoms with van der Waals surface area (Å²) in [6.45, 7) is 0. The van der Waals surface area contributed by atoms with E-state index >= 15 is 0 Å². The molecule has 0 fully saturated rings. The Kier molecular flexibility index (Phi) is 3.74. The highest BCUT2D eigenvalue weighted by Gasteiger charge is 2.10. The molecule has 0 aliphatic heterocycles. The Morgan fingerprint density at radius 1 is 1.00 bits per heavy atom. The zero-order chi connectivity index (χ0) is 17.2. The summed E-state index contributed by atoms with van der Waals surface area (Å²) in [5.41, 5.74) is 4.25. The predicted octanol–water partition coefficient (Wildman–Crippen LogP) is 3.89. The first kappa shape index (κ1) is 15.1. The second-order valence-corrected chi connectivity index (χ2v) is 5.84. The third-order valence-corrected chi connectivity index (χ3v) is 4.10. The van der Waals surface area contributed by atoms with Gasteiger partial charge in [-0.3, -0.25) is 9.78 Å². The van der Waals surface area contributed by atoms with Crippen molar-refractivity contribution in [3.8, 4) is 11.1 Å². The van der Waals surface area contributed by atoms with Crippen LogP contribution in [0.2, 0.25) is 0 Å². The standard InChI is InChI=1S/C20H16N4O/c1-24-13-21-12-19(24)20(25)23-17-8-7-15-9-16(11-22-18(15)10-17)14-5-3-2-4-6-14/h2-13H,1H3,(H,23,25). The number of carbonyl (C=O) groups excluding carboxylic acids is 1. The van der Waals surface area contributed by atoms with Crippen LogP contribution in [0, 0.1) is 0 Å². The summed E-state index contributed by atoms with van der Waals surface area (Å²) in [4.78, 5) is 20.8. The molecule has 0 aliphatic rings. The van der Waals surface area contributed by atoms with Crippen molar-refractivity contribution < 1.29 is 4.79 Å². The molecule has 0 unspecified atom stereocenters. The van der Waals surface area contributed by atoms with Gasteiger partial charge < -0.3 is 9.88 Å². The van der Waals surface area contributed by atoms with E-state index in [0.717, 1.165) is 22.0 Å². The molecule has 5 nitrogen and oxygen atoms in total. The van der Waals surface area contributed by atoms with Gasteiger partial charge in [-0.2, -0.15) is 0 Å². The number of benzene rings is 2. The molecule has 2 heterocycles. The van der Waals surface area contributed by atoms with E-state index in [4.69, 9.17) is 0 Å². The molecular formula is C20H16N4O. The van der Waals surface area contributed by atoms with Crippen LogP contribution in [0.15, 0.2) is 73.3 Å². The predicted molar refractivity (Wildman–Crippen MR) is 98.3 cm³/mol. The maximum absolute atomic E-state index is 12.3. The fourth-order valence-electron chi connectivity index (χ4n) is 2.76. The van der Waals surface area contributed by atoms with Crippen LogP contribution in [0.1, 0.15) is 10.5 Å². The van der Waals surface area contributed by atoms with E-state index < -0.39 is 0 Å². The Labute approximate surface area is 145 Å². The van der Waals surface area contributed by atoms with Crippen LogP contribution in [0.25, 0.3) is 22.0 Å². The minimum atomic E-state index is -0.194. The molecule has 0 saturated carbocycles. The summed E-state index contributed by atoms with van der Waals surface area (Å²) in [7, 11) is 1.79. The van der Waals surface area contributed by atoms with E-state index in [0.29, 0.717) is 11.4 Å². The van der Waals surface area contributed by atoms with Crippen LogP contribution in [0.5, 0.6) is 0 Å². The molecule has 1 N–H and O–H groups in total. The highest BCUT2D eigenvalue weighted by Crippen LogP contribution is 2.24. The van der Waals surface area contributed by atoms with Crippen LogP contribution in [-0.2, 0) is 7.05 Å². The van der Waals surface area contributed by atoms with Crippen LogP contribution in [0.4, 0.5) is 5.69 Å². The number of aromatic nitrogens is 3. The molecule has 2 aromatic heterocycles. The highest BCUT2D eigenvalue weighted by atomic mass is 16.1. The first-order valence-corrected chi connectivity index (χ1v) is 7.93. The minimum absolute atomic E-state index is 0.194. The number of nitrogens with zero attached hydrogens (tertiary/aromatic N) is 3. The molecule has 0 aliphatic carbocycles. The van der Waals surface area contributed by atoms with Gasteiger partial charge in [-0.25, -0.2) is 4.98 Å². The van der Waals surface area contributed by atoms with E-state index in [1.54, 1.807) is 24.1 Å². The van der Waals surface area contributed by atoms with Crippen molar-refractivity contribution in [1.29, 1.82) is 0 Å². The Morgan fingerprint density at radius 3 is 2.60 bits per heavy atom. The van der Waals surface area contributed by atoms with Gasteiger partial charge in [-0.05, 0) is 23.8 Å². The molecule has 0 atom stereocenters. The van der Waals surface area contributed by atoms with Gasteiger partial charge in [0.2, 0.25) is 0 Å². The number of imidazole rings is 1. The van der Waals surface area contributed by atoms with Gasteiger partial charge in [0.15, 0.2) is 0 Å². The zero-order valence-electron chi connectivity index (χ0n) is 13.7. The molecule has 4 rings (SSSR count). The molecule has 1 amide bonds. The summed E-state index contributed by atoms with van der Waals surface area (Å²) in [5, 5.41) is 3.91. The Bertz CT molecular complexity index is 1050. The van der Waals surface area contributed by atoms with Crippen molar-refractivity contribution in [2.24, 2.45) is 7.05 Å². The van der Waals surface area contributed by atoms with E-state index in [1.165, 1.54) is 0 Å². The van der Waals surface area contributed by atoms with E-state index in [2.05, 4.69) is 33.5 Å². The van der Waals surface area contributed by atoms with Gasteiger partial charge in [-0.1, -0.05) is 36.4 Å². The largest absolute Gasteiger partial charge is 0.330 e. The third kappa shape index (κ3) is 2.99. The Hall–Kier alpha value is -3.47. The lowest BCUT2D eigenvalue weighted by molar-refractivity contribution is 0.101. The van der Waals surface area contributed by atoms with Crippen molar-refractivity contribution in [2.45, 2.75) is 0 Å². The summed E-state index contributed by atoms with van der Waals surface area (Å²) in [6, 6.07) is 18.0. The number of aryl methyl sites for hydroxylation is 1. The van der Waals surface area contributed by atoms with Gasteiger partial charge in [0, 0.05) is 29.9 Å². The number of hydrogen-bond acceptors (Lipinski definition) is 3. The van der Waals surface area contributed by atoms with Crippen molar-refractivity contribution in [1.82, 2.24) is 14.5 Å². The van der Waals surface area contributed by atoms with Crippen LogP contribution < -0.4 is 5.32 Å². The quantitative estimate of drug-likeness (QED) is 0.621. The topological polar surface area (TPSA) is 59.8 Å². The van der Waals surface area contributed by atoms with Gasteiger partial charge >= 0.3 is 0 Å². The van der Waals surface area contributed by atoms with Crippen molar-refractivity contribution in [2.75, 3.05) is 5.32 Å². The first-order valence-electron chi connectivity index (χ1n) is 7.93. The van der Waals surface area contributed by atoms with Crippen molar-refractivity contribution in [3.63, 3.8) is 0 Å². The van der Waals surface area contributed by atoms with Gasteiger partial charge in [0.25, 0.3) is 5.91 Å². The Morgan fingerprint density at radius 2 is 1.84 bits per heavy atom. The number of nitrogens with one attached hydrogen (secondary N) is 1. The lowest BCUT2D eigenvalue weighted by Gasteiger charge is -2.08. The molecule has 5 heteroatoms. The molecule has 25 heavy (non-hydrogen) atoms. The molecule has 2 aromatic carbocycles. The number of fused-ring (bicyclic) bond motifs is 1. The monoisotopic (exact) mass is 328 g/mol. The molecule has 0 saturated heterocycles. The second-order valence-electron chi connectivity index (χ2n) is 5.84. The third-order valence-electron chi connectivity index (χ3n) is 4.10. The lowest BCUT2D eigenvalue weighted by atomic mass is 10.1. The molecule has 0 radical (unpaired) electrons. The molecule has 4 aromatic rings. The number of hydrogen-bond donors (Lipinski definition) is 1.